The van der Waals surface area contributed by atoms with Gasteiger partial charge in [-0.25, -0.2) is 0 Å². The third-order valence-electron chi connectivity index (χ3n) is 3.78. The van der Waals surface area contributed by atoms with E-state index in [0.29, 0.717) is 25.0 Å². The van der Waals surface area contributed by atoms with Crippen LogP contribution < -0.4 is 11.1 Å². The Kier molecular flexibility index (Phi) is 5.92. The molecule has 4 nitrogen and oxygen atoms in total. The van der Waals surface area contributed by atoms with Gasteiger partial charge in [0.25, 0.3) is 0 Å². The minimum absolute atomic E-state index is 0.103. The molecule has 0 aliphatic heterocycles. The van der Waals surface area contributed by atoms with Crippen LogP contribution in [-0.4, -0.2) is 32.2 Å². The molecule has 1 amide bonds. The van der Waals surface area contributed by atoms with Gasteiger partial charge in [0, 0.05) is 13.0 Å². The van der Waals surface area contributed by atoms with Crippen molar-refractivity contribution in [2.45, 2.75) is 39.2 Å². The third kappa shape index (κ3) is 3.96. The summed E-state index contributed by atoms with van der Waals surface area (Å²) in [6.45, 7) is 5.39. The SMILES string of the molecule is COCC(NC(=O)C1CCCC1CN)C(C)C. The first-order valence-corrected chi connectivity index (χ1v) is 6.59. The molecule has 0 saturated heterocycles. The van der Waals surface area contributed by atoms with E-state index in [4.69, 9.17) is 10.5 Å². The first kappa shape index (κ1) is 14.5. The number of carbonyl (C=O) groups is 1. The molecule has 17 heavy (non-hydrogen) atoms. The number of rotatable bonds is 6. The van der Waals surface area contributed by atoms with Gasteiger partial charge in [0.2, 0.25) is 5.91 Å². The topological polar surface area (TPSA) is 64.3 Å². The Morgan fingerprint density at radius 2 is 2.18 bits per heavy atom. The Morgan fingerprint density at radius 3 is 2.71 bits per heavy atom. The maximum absolute atomic E-state index is 12.2. The Hall–Kier alpha value is -0.610. The summed E-state index contributed by atoms with van der Waals surface area (Å²) in [5.41, 5.74) is 5.71. The molecule has 0 aromatic carbocycles. The summed E-state index contributed by atoms with van der Waals surface area (Å²) in [6.07, 6.45) is 3.19. The van der Waals surface area contributed by atoms with Gasteiger partial charge in [0.15, 0.2) is 0 Å². The maximum Gasteiger partial charge on any atom is 0.223 e. The quantitative estimate of drug-likeness (QED) is 0.734. The van der Waals surface area contributed by atoms with Gasteiger partial charge >= 0.3 is 0 Å². The summed E-state index contributed by atoms with van der Waals surface area (Å²) >= 11 is 0. The summed E-state index contributed by atoms with van der Waals surface area (Å²) in [5.74, 6) is 1.02. The highest BCUT2D eigenvalue weighted by Gasteiger charge is 2.33. The van der Waals surface area contributed by atoms with E-state index >= 15 is 0 Å². The number of hydrogen-bond acceptors (Lipinski definition) is 3. The van der Waals surface area contributed by atoms with Gasteiger partial charge in [-0.1, -0.05) is 20.3 Å². The summed E-state index contributed by atoms with van der Waals surface area (Å²) in [6, 6.07) is 0.103. The second-order valence-corrected chi connectivity index (χ2v) is 5.35. The van der Waals surface area contributed by atoms with Crippen LogP contribution in [0.15, 0.2) is 0 Å². The van der Waals surface area contributed by atoms with Crippen molar-refractivity contribution in [1.82, 2.24) is 5.32 Å². The molecule has 100 valence electrons. The largest absolute Gasteiger partial charge is 0.383 e. The van der Waals surface area contributed by atoms with Crippen LogP contribution >= 0.6 is 0 Å². The van der Waals surface area contributed by atoms with Crippen LogP contribution in [0.4, 0.5) is 0 Å². The highest BCUT2D eigenvalue weighted by Crippen LogP contribution is 2.31. The lowest BCUT2D eigenvalue weighted by Gasteiger charge is -2.25. The summed E-state index contributed by atoms with van der Waals surface area (Å²) in [5, 5.41) is 3.10. The minimum Gasteiger partial charge on any atom is -0.383 e. The molecule has 1 rings (SSSR count). The molecule has 1 aliphatic carbocycles. The van der Waals surface area contributed by atoms with Crippen LogP contribution in [0.3, 0.4) is 0 Å². The highest BCUT2D eigenvalue weighted by atomic mass is 16.5. The number of methoxy groups -OCH3 is 1. The summed E-state index contributed by atoms with van der Waals surface area (Å²) < 4.78 is 5.14. The van der Waals surface area contributed by atoms with E-state index in [1.165, 1.54) is 0 Å². The molecule has 1 saturated carbocycles. The summed E-state index contributed by atoms with van der Waals surface area (Å²) in [4.78, 5) is 12.2. The molecule has 0 heterocycles. The number of carbonyl (C=O) groups excluding carboxylic acids is 1. The Balaban J connectivity index is 2.51. The second-order valence-electron chi connectivity index (χ2n) is 5.35. The number of nitrogens with one attached hydrogen (secondary N) is 1. The molecule has 1 aliphatic rings. The van der Waals surface area contributed by atoms with Gasteiger partial charge in [-0.15, -0.1) is 0 Å². The fourth-order valence-electron chi connectivity index (χ4n) is 2.53. The average molecular weight is 242 g/mol. The van der Waals surface area contributed by atoms with Crippen LogP contribution in [0.25, 0.3) is 0 Å². The predicted octanol–water partition coefficient (Wildman–Crippen LogP) is 1.15. The van der Waals surface area contributed by atoms with Crippen molar-refractivity contribution in [3.05, 3.63) is 0 Å². The van der Waals surface area contributed by atoms with Crippen molar-refractivity contribution in [1.29, 1.82) is 0 Å². The van der Waals surface area contributed by atoms with Crippen LogP contribution in [0.1, 0.15) is 33.1 Å². The fraction of sp³-hybridized carbons (Fsp3) is 0.923. The van der Waals surface area contributed by atoms with E-state index < -0.39 is 0 Å². The normalized spacial score (nSPS) is 26.2. The van der Waals surface area contributed by atoms with Gasteiger partial charge in [-0.3, -0.25) is 4.79 Å². The van der Waals surface area contributed by atoms with E-state index in [9.17, 15) is 4.79 Å². The number of amides is 1. The lowest BCUT2D eigenvalue weighted by atomic mass is 9.94. The molecule has 1 fully saturated rings. The fourth-order valence-corrected chi connectivity index (χ4v) is 2.53. The van der Waals surface area contributed by atoms with Crippen molar-refractivity contribution < 1.29 is 9.53 Å². The molecule has 0 bridgehead atoms. The standard InChI is InChI=1S/C13H26N2O2/c1-9(2)12(8-17-3)15-13(16)11-6-4-5-10(11)7-14/h9-12H,4-8,14H2,1-3H3,(H,15,16). The average Bonchev–Trinajstić information content (AvgIpc) is 2.76. The predicted molar refractivity (Wildman–Crippen MR) is 68.5 cm³/mol. The van der Waals surface area contributed by atoms with E-state index in [1.54, 1.807) is 7.11 Å². The van der Waals surface area contributed by atoms with Crippen LogP contribution in [-0.2, 0) is 9.53 Å². The highest BCUT2D eigenvalue weighted by molar-refractivity contribution is 5.79. The first-order valence-electron chi connectivity index (χ1n) is 6.59. The molecular weight excluding hydrogens is 216 g/mol. The van der Waals surface area contributed by atoms with Crippen LogP contribution in [0, 0.1) is 17.8 Å². The Bertz CT molecular complexity index is 244. The molecule has 3 N–H and O–H groups in total. The Morgan fingerprint density at radius 1 is 1.47 bits per heavy atom. The Labute approximate surface area is 104 Å². The lowest BCUT2D eigenvalue weighted by molar-refractivity contribution is -0.127. The maximum atomic E-state index is 12.2. The molecule has 0 radical (unpaired) electrons. The number of ether oxygens (including phenoxy) is 1. The van der Waals surface area contributed by atoms with E-state index in [-0.39, 0.29) is 17.9 Å². The van der Waals surface area contributed by atoms with Gasteiger partial charge in [0.1, 0.15) is 0 Å². The molecule has 4 heteroatoms. The lowest BCUT2D eigenvalue weighted by Crippen LogP contribution is -2.45. The van der Waals surface area contributed by atoms with Crippen molar-refractivity contribution in [2.24, 2.45) is 23.5 Å². The van der Waals surface area contributed by atoms with Crippen molar-refractivity contribution >= 4 is 5.91 Å². The van der Waals surface area contributed by atoms with Crippen molar-refractivity contribution in [3.8, 4) is 0 Å². The molecule has 0 aromatic rings. The monoisotopic (exact) mass is 242 g/mol. The number of hydrogen-bond donors (Lipinski definition) is 2. The molecule has 0 aromatic heterocycles. The smallest absolute Gasteiger partial charge is 0.223 e. The van der Waals surface area contributed by atoms with Gasteiger partial charge in [-0.05, 0) is 31.2 Å². The molecule has 0 spiro atoms. The minimum atomic E-state index is 0.103. The first-order chi connectivity index (χ1) is 8.10. The van der Waals surface area contributed by atoms with Crippen LogP contribution in [0.5, 0.6) is 0 Å². The van der Waals surface area contributed by atoms with Gasteiger partial charge in [-0.2, -0.15) is 0 Å². The molecule has 3 unspecified atom stereocenters. The van der Waals surface area contributed by atoms with Gasteiger partial charge < -0.3 is 15.8 Å². The van der Waals surface area contributed by atoms with E-state index in [0.717, 1.165) is 19.3 Å². The van der Waals surface area contributed by atoms with Crippen molar-refractivity contribution in [2.75, 3.05) is 20.3 Å². The molecular formula is C13H26N2O2. The summed E-state index contributed by atoms with van der Waals surface area (Å²) in [7, 11) is 1.67. The third-order valence-corrected chi connectivity index (χ3v) is 3.78. The molecule has 3 atom stereocenters. The van der Waals surface area contributed by atoms with Crippen molar-refractivity contribution in [3.63, 3.8) is 0 Å². The zero-order chi connectivity index (χ0) is 12.8. The van der Waals surface area contributed by atoms with Gasteiger partial charge in [0.05, 0.1) is 12.6 Å². The zero-order valence-electron chi connectivity index (χ0n) is 11.2. The van der Waals surface area contributed by atoms with E-state index in [2.05, 4.69) is 19.2 Å². The van der Waals surface area contributed by atoms with E-state index in [1.807, 2.05) is 0 Å². The van der Waals surface area contributed by atoms with Crippen LogP contribution in [0.2, 0.25) is 0 Å². The second kappa shape index (κ2) is 6.97. The number of nitrogens with two attached hydrogens (primary N) is 1. The zero-order valence-corrected chi connectivity index (χ0v) is 11.2.